The summed E-state index contributed by atoms with van der Waals surface area (Å²) in [4.78, 5) is 17.6. The van der Waals surface area contributed by atoms with E-state index in [2.05, 4.69) is 9.88 Å². The zero-order chi connectivity index (χ0) is 13.8. The van der Waals surface area contributed by atoms with Crippen LogP contribution in [0, 0.1) is 6.92 Å². The van der Waals surface area contributed by atoms with Crippen LogP contribution in [0.1, 0.15) is 35.8 Å². The lowest BCUT2D eigenvalue weighted by atomic mass is 10.1. The molecule has 0 aliphatic carbocycles. The van der Waals surface area contributed by atoms with Gasteiger partial charge in [-0.25, -0.2) is 9.78 Å². The highest BCUT2D eigenvalue weighted by Gasteiger charge is 2.22. The van der Waals surface area contributed by atoms with Crippen molar-refractivity contribution in [2.75, 3.05) is 24.6 Å². The number of piperidine rings is 1. The van der Waals surface area contributed by atoms with E-state index in [0.717, 1.165) is 37.4 Å². The van der Waals surface area contributed by atoms with E-state index in [4.69, 9.17) is 9.84 Å². The second-order valence-electron chi connectivity index (χ2n) is 4.83. The van der Waals surface area contributed by atoms with Crippen LogP contribution in [0.25, 0.3) is 0 Å². The van der Waals surface area contributed by atoms with Crippen molar-refractivity contribution in [3.05, 3.63) is 23.4 Å². The Bertz CT molecular complexity index is 460. The van der Waals surface area contributed by atoms with Gasteiger partial charge in [-0.3, -0.25) is 0 Å². The maximum absolute atomic E-state index is 11.1. The fourth-order valence-electron chi connectivity index (χ4n) is 2.45. The monoisotopic (exact) mass is 264 g/mol. The van der Waals surface area contributed by atoms with Crippen LogP contribution < -0.4 is 4.90 Å². The van der Waals surface area contributed by atoms with Gasteiger partial charge in [0.25, 0.3) is 0 Å². The van der Waals surface area contributed by atoms with Crippen molar-refractivity contribution in [2.45, 2.75) is 32.8 Å². The van der Waals surface area contributed by atoms with Gasteiger partial charge >= 0.3 is 5.97 Å². The summed E-state index contributed by atoms with van der Waals surface area (Å²) in [6, 6.07) is 3.24. The van der Waals surface area contributed by atoms with Crippen LogP contribution in [0.5, 0.6) is 0 Å². The second kappa shape index (κ2) is 6.02. The number of rotatable bonds is 4. The van der Waals surface area contributed by atoms with Gasteiger partial charge < -0.3 is 14.7 Å². The number of hydrogen-bond donors (Lipinski definition) is 1. The zero-order valence-corrected chi connectivity index (χ0v) is 11.4. The van der Waals surface area contributed by atoms with Crippen molar-refractivity contribution in [1.29, 1.82) is 0 Å². The number of carbonyl (C=O) groups is 1. The smallest absolute Gasteiger partial charge is 0.335 e. The highest BCUT2D eigenvalue weighted by atomic mass is 16.5. The van der Waals surface area contributed by atoms with Gasteiger partial charge in [0.2, 0.25) is 0 Å². The van der Waals surface area contributed by atoms with Gasteiger partial charge in [0, 0.05) is 25.4 Å². The average Bonchev–Trinajstić information content (AvgIpc) is 2.38. The predicted octanol–water partition coefficient (Wildman–Crippen LogP) is 2.09. The Morgan fingerprint density at radius 2 is 2.37 bits per heavy atom. The molecule has 5 nitrogen and oxygen atoms in total. The molecule has 0 bridgehead atoms. The van der Waals surface area contributed by atoms with Gasteiger partial charge in [0.15, 0.2) is 0 Å². The maximum atomic E-state index is 11.1. The molecule has 1 N–H and O–H groups in total. The van der Waals surface area contributed by atoms with Crippen LogP contribution in [0.4, 0.5) is 5.82 Å². The van der Waals surface area contributed by atoms with E-state index >= 15 is 0 Å². The molecule has 1 aliphatic heterocycles. The van der Waals surface area contributed by atoms with E-state index in [1.54, 1.807) is 12.1 Å². The highest BCUT2D eigenvalue weighted by molar-refractivity contribution is 5.88. The molecule has 1 atom stereocenters. The maximum Gasteiger partial charge on any atom is 0.335 e. The summed E-state index contributed by atoms with van der Waals surface area (Å²) < 4.78 is 5.66. The van der Waals surface area contributed by atoms with Crippen molar-refractivity contribution in [1.82, 2.24) is 4.98 Å². The lowest BCUT2D eigenvalue weighted by molar-refractivity contribution is 0.0525. The molecule has 1 saturated heterocycles. The fraction of sp³-hybridized carbons (Fsp3) is 0.571. The molecule has 1 unspecified atom stereocenters. The van der Waals surface area contributed by atoms with Gasteiger partial charge in [-0.15, -0.1) is 0 Å². The highest BCUT2D eigenvalue weighted by Crippen LogP contribution is 2.21. The van der Waals surface area contributed by atoms with E-state index < -0.39 is 5.97 Å². The Morgan fingerprint density at radius 3 is 3.05 bits per heavy atom. The molecule has 0 amide bonds. The third-order valence-corrected chi connectivity index (χ3v) is 3.29. The summed E-state index contributed by atoms with van der Waals surface area (Å²) in [5.41, 5.74) is 1.02. The van der Waals surface area contributed by atoms with E-state index in [9.17, 15) is 4.79 Å². The normalized spacial score (nSPS) is 19.5. The Labute approximate surface area is 113 Å². The molecule has 0 spiro atoms. The molecule has 1 aromatic heterocycles. The number of pyridine rings is 1. The first kappa shape index (κ1) is 13.8. The Balaban J connectivity index is 2.18. The van der Waals surface area contributed by atoms with Crippen molar-refractivity contribution in [2.24, 2.45) is 0 Å². The lowest BCUT2D eigenvalue weighted by Gasteiger charge is -2.33. The molecule has 0 aromatic carbocycles. The van der Waals surface area contributed by atoms with Gasteiger partial charge in [-0.1, -0.05) is 0 Å². The molecule has 19 heavy (non-hydrogen) atoms. The predicted molar refractivity (Wildman–Crippen MR) is 72.8 cm³/mol. The van der Waals surface area contributed by atoms with Crippen molar-refractivity contribution in [3.63, 3.8) is 0 Å². The molecule has 0 radical (unpaired) electrons. The number of anilines is 1. The van der Waals surface area contributed by atoms with E-state index in [-0.39, 0.29) is 6.10 Å². The standard InChI is InChI=1S/C14H20N2O3/c1-3-19-12-5-4-6-16(9-12)13-8-11(14(17)18)7-10(2)15-13/h7-8,12H,3-6,9H2,1-2H3,(H,17,18). The minimum atomic E-state index is -0.912. The lowest BCUT2D eigenvalue weighted by Crippen LogP contribution is -2.40. The molecule has 1 aliphatic rings. The van der Waals surface area contributed by atoms with Crippen LogP contribution in [-0.2, 0) is 4.74 Å². The Kier molecular flexibility index (Phi) is 4.37. The summed E-state index contributed by atoms with van der Waals surface area (Å²) in [6.45, 7) is 6.20. The topological polar surface area (TPSA) is 62.7 Å². The van der Waals surface area contributed by atoms with Crippen molar-refractivity contribution >= 4 is 11.8 Å². The summed E-state index contributed by atoms with van der Waals surface area (Å²) in [6.07, 6.45) is 2.32. The molecule has 5 heteroatoms. The molecule has 0 saturated carbocycles. The van der Waals surface area contributed by atoms with Crippen LogP contribution in [0.15, 0.2) is 12.1 Å². The second-order valence-corrected chi connectivity index (χ2v) is 4.83. The number of aryl methyl sites for hydroxylation is 1. The molecular formula is C14H20N2O3. The number of aromatic nitrogens is 1. The van der Waals surface area contributed by atoms with Crippen LogP contribution in [0.3, 0.4) is 0 Å². The number of ether oxygens (including phenoxy) is 1. The first-order chi connectivity index (χ1) is 9.10. The van der Waals surface area contributed by atoms with Gasteiger partial charge in [-0.05, 0) is 38.8 Å². The molecule has 1 aromatic rings. The Hall–Kier alpha value is -1.62. The zero-order valence-electron chi connectivity index (χ0n) is 11.4. The first-order valence-electron chi connectivity index (χ1n) is 6.68. The van der Waals surface area contributed by atoms with Crippen LogP contribution in [-0.4, -0.2) is 41.9 Å². The van der Waals surface area contributed by atoms with Gasteiger partial charge in [0.05, 0.1) is 11.7 Å². The van der Waals surface area contributed by atoms with Crippen molar-refractivity contribution in [3.8, 4) is 0 Å². The molecule has 1 fully saturated rings. The summed E-state index contributed by atoms with van der Waals surface area (Å²) >= 11 is 0. The molecule has 104 valence electrons. The number of carboxylic acid groups (broad SMARTS) is 1. The number of nitrogens with zero attached hydrogens (tertiary/aromatic N) is 2. The third-order valence-electron chi connectivity index (χ3n) is 3.29. The molecule has 2 rings (SSSR count). The number of aromatic carboxylic acids is 1. The number of hydrogen-bond acceptors (Lipinski definition) is 4. The summed E-state index contributed by atoms with van der Waals surface area (Å²) in [7, 11) is 0. The van der Waals surface area contributed by atoms with Crippen LogP contribution in [0.2, 0.25) is 0 Å². The minimum absolute atomic E-state index is 0.217. The van der Waals surface area contributed by atoms with E-state index in [1.165, 1.54) is 0 Å². The van der Waals surface area contributed by atoms with Gasteiger partial charge in [0.1, 0.15) is 5.82 Å². The van der Waals surface area contributed by atoms with Gasteiger partial charge in [-0.2, -0.15) is 0 Å². The Morgan fingerprint density at radius 1 is 1.58 bits per heavy atom. The average molecular weight is 264 g/mol. The van der Waals surface area contributed by atoms with E-state index in [0.29, 0.717) is 12.2 Å². The largest absolute Gasteiger partial charge is 0.478 e. The fourth-order valence-corrected chi connectivity index (χ4v) is 2.45. The van der Waals surface area contributed by atoms with Crippen LogP contribution >= 0.6 is 0 Å². The quantitative estimate of drug-likeness (QED) is 0.902. The SMILES string of the molecule is CCOC1CCCN(c2cc(C(=O)O)cc(C)n2)C1. The van der Waals surface area contributed by atoms with E-state index in [1.807, 2.05) is 13.8 Å². The molecular weight excluding hydrogens is 244 g/mol. The minimum Gasteiger partial charge on any atom is -0.478 e. The number of carboxylic acids is 1. The first-order valence-corrected chi connectivity index (χ1v) is 6.68. The summed E-state index contributed by atoms with van der Waals surface area (Å²) in [5, 5.41) is 9.10. The molecule has 2 heterocycles. The van der Waals surface area contributed by atoms with Crippen molar-refractivity contribution < 1.29 is 14.6 Å². The summed E-state index contributed by atoms with van der Waals surface area (Å²) in [5.74, 6) is -0.174. The third kappa shape index (κ3) is 3.44.